The number of hydrogen-bond acceptors (Lipinski definition) is 15. The number of halogens is 4. The predicted octanol–water partition coefficient (Wildman–Crippen LogP) is 6.97. The van der Waals surface area contributed by atoms with E-state index in [9.17, 15) is 34.0 Å². The van der Waals surface area contributed by atoms with Crippen LogP contribution in [0.3, 0.4) is 0 Å². The summed E-state index contributed by atoms with van der Waals surface area (Å²) < 4.78 is 112. The van der Waals surface area contributed by atoms with Crippen molar-refractivity contribution < 1.29 is 66.6 Å². The van der Waals surface area contributed by atoms with Gasteiger partial charge in [0.25, 0.3) is 30.4 Å². The van der Waals surface area contributed by atoms with Gasteiger partial charge in [-0.3, -0.25) is 9.97 Å². The Labute approximate surface area is 370 Å². The zero-order valence-electron chi connectivity index (χ0n) is 31.7. The molecule has 2 aromatic heterocycles. The Kier molecular flexibility index (Phi) is 25.5. The highest BCUT2D eigenvalue weighted by atomic mass is 127. The second-order valence-corrected chi connectivity index (χ2v) is 20.3. The highest BCUT2D eigenvalue weighted by molar-refractivity contribution is 14.2. The molecule has 0 saturated carbocycles. The molecule has 3 N–H and O–H groups in total. The summed E-state index contributed by atoms with van der Waals surface area (Å²) in [4.78, 5) is 7.30. The van der Waals surface area contributed by atoms with Crippen LogP contribution in [0.4, 0.5) is 8.78 Å². The van der Waals surface area contributed by atoms with E-state index in [-0.39, 0.29) is 33.6 Å². The van der Waals surface area contributed by atoms with Crippen LogP contribution in [-0.2, 0) is 56.1 Å². The number of aromatic hydroxyl groups is 1. The number of rotatable bonds is 13. The molecule has 0 fully saturated rings. The van der Waals surface area contributed by atoms with Crippen LogP contribution in [0, 0.1) is 20.8 Å². The Morgan fingerprint density at radius 1 is 0.542 bits per heavy atom. The molecular formula is C37H42F2I2N2O13S3. The van der Waals surface area contributed by atoms with Crippen LogP contribution in [-0.4, -0.2) is 73.5 Å². The SMILES string of the molecule is Cc1ccc(S(=O)(=O)OCF)cc1.Cc1ccc(S(=O)(=O)OCOS(=O)(=O)c2ccc(C)cc2)cc1.ICI.OCc1ccc(O)cn1.OCc1ccc(OCF)cn1. The van der Waals surface area contributed by atoms with Crippen molar-refractivity contribution in [2.45, 2.75) is 48.7 Å². The van der Waals surface area contributed by atoms with Crippen molar-refractivity contribution in [3.63, 3.8) is 0 Å². The van der Waals surface area contributed by atoms with E-state index in [2.05, 4.69) is 72.4 Å². The van der Waals surface area contributed by atoms with Gasteiger partial charge in [0.05, 0.1) is 54.1 Å². The number of alkyl halides is 4. The van der Waals surface area contributed by atoms with Crippen LogP contribution in [0.15, 0.2) is 124 Å². The van der Waals surface area contributed by atoms with Crippen molar-refractivity contribution >= 4 is 75.5 Å². The lowest BCUT2D eigenvalue weighted by atomic mass is 10.2. The molecule has 0 atom stereocenters. The first-order chi connectivity index (χ1) is 27.9. The largest absolute Gasteiger partial charge is 0.506 e. The van der Waals surface area contributed by atoms with Crippen molar-refractivity contribution in [3.8, 4) is 11.5 Å². The van der Waals surface area contributed by atoms with E-state index in [0.717, 1.165) is 16.7 Å². The summed E-state index contributed by atoms with van der Waals surface area (Å²) in [5.41, 5.74) is 3.81. The van der Waals surface area contributed by atoms with Gasteiger partial charge in [-0.2, -0.15) is 25.3 Å². The number of aryl methyl sites for hydroxylation is 3. The topological polar surface area (TPSA) is 226 Å². The zero-order chi connectivity index (χ0) is 44.5. The number of hydrogen-bond donors (Lipinski definition) is 3. The van der Waals surface area contributed by atoms with Gasteiger partial charge in [0, 0.05) is 0 Å². The van der Waals surface area contributed by atoms with E-state index in [1.165, 1.54) is 57.3 Å². The van der Waals surface area contributed by atoms with Gasteiger partial charge in [-0.25, -0.2) is 21.3 Å². The number of pyridine rings is 2. The normalized spacial score (nSPS) is 10.9. The summed E-state index contributed by atoms with van der Waals surface area (Å²) in [5, 5.41) is 25.8. The fourth-order valence-corrected chi connectivity index (χ4v) is 6.03. The molecular weight excluding hydrogens is 1070 g/mol. The molecule has 0 aliphatic carbocycles. The van der Waals surface area contributed by atoms with Gasteiger partial charge in [0.1, 0.15) is 11.5 Å². The summed E-state index contributed by atoms with van der Waals surface area (Å²) >= 11 is 4.55. The van der Waals surface area contributed by atoms with Gasteiger partial charge in [-0.05, 0) is 81.4 Å². The average molecular weight is 1110 g/mol. The quantitative estimate of drug-likeness (QED) is 0.0468. The zero-order valence-corrected chi connectivity index (χ0v) is 38.5. The lowest BCUT2D eigenvalue weighted by molar-refractivity contribution is 0.132. The molecule has 0 unspecified atom stereocenters. The van der Waals surface area contributed by atoms with Crippen molar-refractivity contribution in [2.75, 3.05) is 22.9 Å². The number of aliphatic hydroxyl groups is 2. The van der Waals surface area contributed by atoms with Crippen molar-refractivity contribution in [1.29, 1.82) is 0 Å². The first-order valence-electron chi connectivity index (χ1n) is 16.4. The van der Waals surface area contributed by atoms with E-state index in [1.54, 1.807) is 54.6 Å². The third kappa shape index (κ3) is 21.6. The van der Waals surface area contributed by atoms with E-state index in [0.29, 0.717) is 17.1 Å². The van der Waals surface area contributed by atoms with Crippen LogP contribution in [0.25, 0.3) is 0 Å². The highest BCUT2D eigenvalue weighted by Gasteiger charge is 2.20. The minimum Gasteiger partial charge on any atom is -0.506 e. The standard InChI is InChI=1S/C15H16O6S2.C8H9FO3S.C7H8FNO2.C6H7NO2.CH2I2/c1-12-3-7-14(8-4-12)22(16,17)20-11-21-23(18,19)15-9-5-13(2)6-10-15;1-7-2-4-8(5-3-7)13(10,11)12-6-9;8-5-11-7-2-1-6(4-10)9-3-7;8-4-5-1-2-6(9)3-7-5;2-1-3/h3-10H,11H2,1-2H3;2-5H,6H2,1H3;1-3,10H,4-5H2;1-3,8-9H,4H2;1H2. The van der Waals surface area contributed by atoms with Crippen LogP contribution in [0.2, 0.25) is 0 Å². The van der Waals surface area contributed by atoms with Crippen LogP contribution in [0.1, 0.15) is 28.1 Å². The molecule has 0 amide bonds. The molecule has 22 heteroatoms. The third-order valence-corrected chi connectivity index (χ3v) is 10.4. The number of nitrogens with zero attached hydrogens (tertiary/aromatic N) is 2. The fraction of sp³-hybridized carbons (Fsp3) is 0.243. The highest BCUT2D eigenvalue weighted by Crippen LogP contribution is 2.17. The second-order valence-electron chi connectivity index (χ2n) is 11.0. The van der Waals surface area contributed by atoms with Crippen LogP contribution in [0.5, 0.6) is 11.5 Å². The fourth-order valence-electron chi connectivity index (χ4n) is 3.69. The minimum atomic E-state index is -4.08. The maximum atomic E-state index is 11.9. The van der Waals surface area contributed by atoms with E-state index in [1.807, 2.05) is 20.8 Å². The molecule has 0 aliphatic heterocycles. The first-order valence-corrected chi connectivity index (χ1v) is 23.7. The molecule has 324 valence electrons. The number of benzene rings is 3. The molecule has 0 spiro atoms. The summed E-state index contributed by atoms with van der Waals surface area (Å²) in [7, 11) is -12.1. The smallest absolute Gasteiger partial charge is 0.299 e. The Bertz CT molecular complexity index is 2180. The van der Waals surface area contributed by atoms with Gasteiger partial charge in [-0.15, -0.1) is 0 Å². The summed E-state index contributed by atoms with van der Waals surface area (Å²) in [6, 6.07) is 24.1. The Hall–Kier alpha value is -3.47. The molecule has 0 aliphatic rings. The van der Waals surface area contributed by atoms with Gasteiger partial charge in [0.2, 0.25) is 13.7 Å². The molecule has 15 nitrogen and oxygen atoms in total. The molecule has 3 aromatic carbocycles. The Morgan fingerprint density at radius 2 is 0.898 bits per heavy atom. The first kappa shape index (κ1) is 53.5. The van der Waals surface area contributed by atoms with Crippen LogP contribution < -0.4 is 4.74 Å². The summed E-state index contributed by atoms with van der Waals surface area (Å²) in [5.74, 6) is 0.483. The van der Waals surface area contributed by atoms with Gasteiger partial charge in [-0.1, -0.05) is 98.3 Å². The molecule has 0 saturated heterocycles. The molecule has 0 bridgehead atoms. The van der Waals surface area contributed by atoms with E-state index in [4.69, 9.17) is 15.3 Å². The van der Waals surface area contributed by atoms with Crippen molar-refractivity contribution in [2.24, 2.45) is 0 Å². The third-order valence-electron chi connectivity index (χ3n) is 6.69. The van der Waals surface area contributed by atoms with Crippen LogP contribution >= 0.6 is 45.2 Å². The second kappa shape index (κ2) is 28.1. The maximum absolute atomic E-state index is 11.9. The maximum Gasteiger partial charge on any atom is 0.299 e. The van der Waals surface area contributed by atoms with Gasteiger partial charge >= 0.3 is 0 Å². The molecule has 0 radical (unpaired) electrons. The predicted molar refractivity (Wildman–Crippen MR) is 231 cm³/mol. The monoisotopic (exact) mass is 1110 g/mol. The number of ether oxygens (including phenoxy) is 1. The molecule has 59 heavy (non-hydrogen) atoms. The van der Waals surface area contributed by atoms with Gasteiger partial charge in [0.15, 0.2) is 6.79 Å². The number of aromatic nitrogens is 2. The average Bonchev–Trinajstić information content (AvgIpc) is 3.20. The Balaban J connectivity index is 0.000000411. The summed E-state index contributed by atoms with van der Waals surface area (Å²) in [6.45, 7) is 2.13. The molecule has 2 heterocycles. The lowest BCUT2D eigenvalue weighted by Gasteiger charge is -2.07. The molecule has 5 aromatic rings. The molecule has 5 rings (SSSR count). The number of aliphatic hydroxyl groups excluding tert-OH is 2. The van der Waals surface area contributed by atoms with Crippen molar-refractivity contribution in [1.82, 2.24) is 9.97 Å². The van der Waals surface area contributed by atoms with Crippen molar-refractivity contribution in [3.05, 3.63) is 138 Å². The Morgan fingerprint density at radius 3 is 1.19 bits per heavy atom. The van der Waals surface area contributed by atoms with E-state index < -0.39 is 50.9 Å². The minimum absolute atomic E-state index is 0.0317. The lowest BCUT2D eigenvalue weighted by Crippen LogP contribution is -2.14. The summed E-state index contributed by atoms with van der Waals surface area (Å²) in [6.07, 6.45) is 2.66. The van der Waals surface area contributed by atoms with Gasteiger partial charge < -0.3 is 20.1 Å². The van der Waals surface area contributed by atoms with E-state index >= 15 is 0 Å².